The summed E-state index contributed by atoms with van der Waals surface area (Å²) < 4.78 is 43.1. The van der Waals surface area contributed by atoms with Gasteiger partial charge in [0.2, 0.25) is 11.8 Å². The number of fused-ring (bicyclic) bond motifs is 1. The van der Waals surface area contributed by atoms with E-state index in [-0.39, 0.29) is 72.8 Å². The minimum atomic E-state index is -2.95. The smallest absolute Gasteiger partial charge is 0.322 e. The second kappa shape index (κ2) is 12.2. The second-order valence-electron chi connectivity index (χ2n) is 10.8. The molecule has 1 aromatic heterocycles. The van der Waals surface area contributed by atoms with Gasteiger partial charge in [-0.25, -0.2) is 18.0 Å². The van der Waals surface area contributed by atoms with Crippen LogP contribution in [0.2, 0.25) is 5.02 Å². The molecule has 2 N–H and O–H groups in total. The first-order valence-corrected chi connectivity index (χ1v) is 14.2. The van der Waals surface area contributed by atoms with E-state index in [2.05, 4.69) is 15.7 Å². The molecule has 228 valence electrons. The Hall–Kier alpha value is -4.13. The average molecular weight is 619 g/mol. The van der Waals surface area contributed by atoms with Crippen molar-refractivity contribution in [3.05, 3.63) is 58.5 Å². The number of anilines is 1. The van der Waals surface area contributed by atoms with E-state index in [1.807, 2.05) is 0 Å². The van der Waals surface area contributed by atoms with Crippen LogP contribution in [-0.4, -0.2) is 74.8 Å². The number of nitrogens with zero attached hydrogens (tertiary/aromatic N) is 4. The van der Waals surface area contributed by atoms with Crippen LogP contribution in [0.1, 0.15) is 48.7 Å². The van der Waals surface area contributed by atoms with Gasteiger partial charge in [-0.2, -0.15) is 5.10 Å². The van der Waals surface area contributed by atoms with E-state index < -0.39 is 36.1 Å². The molecule has 4 amide bonds. The first-order valence-electron chi connectivity index (χ1n) is 13.9. The Balaban J connectivity index is 1.28. The molecule has 2 aromatic carbocycles. The van der Waals surface area contributed by atoms with E-state index in [0.29, 0.717) is 10.9 Å². The molecule has 1 aliphatic carbocycles. The number of amides is 4. The van der Waals surface area contributed by atoms with Crippen LogP contribution >= 0.6 is 11.6 Å². The van der Waals surface area contributed by atoms with Crippen LogP contribution in [0.5, 0.6) is 0 Å². The van der Waals surface area contributed by atoms with Crippen molar-refractivity contribution >= 4 is 51.8 Å². The highest BCUT2D eigenvalue weighted by atomic mass is 35.5. The minimum absolute atomic E-state index is 0.0564. The highest BCUT2D eigenvalue weighted by Crippen LogP contribution is 2.29. The van der Waals surface area contributed by atoms with E-state index in [0.717, 1.165) is 17.7 Å². The molecule has 1 aliphatic heterocycles. The third kappa shape index (κ3) is 7.10. The van der Waals surface area contributed by atoms with Crippen LogP contribution < -0.4 is 10.6 Å². The van der Waals surface area contributed by atoms with Gasteiger partial charge in [-0.1, -0.05) is 23.7 Å². The summed E-state index contributed by atoms with van der Waals surface area (Å²) in [6, 6.07) is 8.31. The molecule has 10 nitrogen and oxygen atoms in total. The van der Waals surface area contributed by atoms with Crippen LogP contribution in [0.15, 0.2) is 36.4 Å². The Bertz CT molecular complexity index is 1590. The SMILES string of the molecule is CC(=O)c1nn(CC(=O)N(CC(=O)NCc2cccc(Cl)c2F)C2CC2)c2ccc(NC(=O)N3CCCC(F)(F)C3)cc12. The lowest BCUT2D eigenvalue weighted by Crippen LogP contribution is -2.47. The molecule has 0 radical (unpaired) electrons. The number of halogens is 4. The molecule has 43 heavy (non-hydrogen) atoms. The van der Waals surface area contributed by atoms with Gasteiger partial charge in [-0.05, 0) is 43.5 Å². The monoisotopic (exact) mass is 618 g/mol. The maximum atomic E-state index is 14.2. The molecule has 2 aliphatic rings. The third-order valence-corrected chi connectivity index (χ3v) is 7.72. The lowest BCUT2D eigenvalue weighted by Gasteiger charge is -2.32. The van der Waals surface area contributed by atoms with Crippen molar-refractivity contribution in [3.63, 3.8) is 0 Å². The summed E-state index contributed by atoms with van der Waals surface area (Å²) in [5.41, 5.74) is 1.02. The predicted octanol–water partition coefficient (Wildman–Crippen LogP) is 4.60. The first kappa shape index (κ1) is 30.3. The van der Waals surface area contributed by atoms with Gasteiger partial charge in [0, 0.05) is 49.1 Å². The molecule has 2 fully saturated rings. The number of hydrogen-bond acceptors (Lipinski definition) is 5. The highest BCUT2D eigenvalue weighted by molar-refractivity contribution is 6.30. The van der Waals surface area contributed by atoms with E-state index in [9.17, 15) is 32.3 Å². The molecule has 0 unspecified atom stereocenters. The molecule has 5 rings (SSSR count). The zero-order valence-corrected chi connectivity index (χ0v) is 24.1. The van der Waals surface area contributed by atoms with Crippen LogP contribution in [-0.2, 0) is 22.7 Å². The zero-order valence-electron chi connectivity index (χ0n) is 23.3. The molecular weight excluding hydrogens is 589 g/mol. The largest absolute Gasteiger partial charge is 0.350 e. The van der Waals surface area contributed by atoms with Gasteiger partial charge in [0.15, 0.2) is 5.78 Å². The van der Waals surface area contributed by atoms with Crippen molar-refractivity contribution in [1.82, 2.24) is 24.9 Å². The number of urea groups is 1. The standard InChI is InChI=1S/C29H30ClF3N6O4/c1-17(40)27-21-12-19(35-28(43)37-11-3-10-29(32,33)16-37)6-9-23(21)39(36-27)15-25(42)38(20-7-8-20)14-24(41)34-13-18-4-2-5-22(30)26(18)31/h2,4-6,9,12,20H,3,7-8,10-11,13-16H2,1H3,(H,34,41)(H,35,43). The topological polar surface area (TPSA) is 117 Å². The number of nitrogens with one attached hydrogen (secondary N) is 2. The van der Waals surface area contributed by atoms with Gasteiger partial charge in [-0.3, -0.25) is 19.1 Å². The van der Waals surface area contributed by atoms with Gasteiger partial charge in [0.25, 0.3) is 5.92 Å². The number of rotatable bonds is 9. The molecule has 0 atom stereocenters. The van der Waals surface area contributed by atoms with E-state index in [1.54, 1.807) is 12.1 Å². The Morgan fingerprint density at radius 3 is 2.63 bits per heavy atom. The molecule has 0 bridgehead atoms. The summed E-state index contributed by atoms with van der Waals surface area (Å²) in [5.74, 6) is -4.81. The van der Waals surface area contributed by atoms with Crippen molar-refractivity contribution in [2.75, 3.05) is 25.0 Å². The molecule has 14 heteroatoms. The van der Waals surface area contributed by atoms with Crippen LogP contribution in [0, 0.1) is 5.82 Å². The van der Waals surface area contributed by atoms with Crippen molar-refractivity contribution in [2.45, 2.75) is 57.7 Å². The molecule has 3 aromatic rings. The fraction of sp³-hybridized carbons (Fsp3) is 0.414. The van der Waals surface area contributed by atoms with Gasteiger partial charge >= 0.3 is 6.03 Å². The quantitative estimate of drug-likeness (QED) is 0.340. The predicted molar refractivity (Wildman–Crippen MR) is 153 cm³/mol. The summed E-state index contributed by atoms with van der Waals surface area (Å²) in [5, 5.41) is 9.88. The van der Waals surface area contributed by atoms with Gasteiger partial charge in [0.1, 0.15) is 18.1 Å². The summed E-state index contributed by atoms with van der Waals surface area (Å²) in [6.45, 7) is 0.255. The van der Waals surface area contributed by atoms with Gasteiger partial charge < -0.3 is 20.4 Å². The highest BCUT2D eigenvalue weighted by Gasteiger charge is 2.37. The fourth-order valence-electron chi connectivity index (χ4n) is 5.09. The van der Waals surface area contributed by atoms with Crippen LogP contribution in [0.4, 0.5) is 23.7 Å². The van der Waals surface area contributed by atoms with Crippen molar-refractivity contribution in [1.29, 1.82) is 0 Å². The number of carbonyl (C=O) groups is 4. The van der Waals surface area contributed by atoms with E-state index >= 15 is 0 Å². The Kier molecular flexibility index (Phi) is 8.63. The number of aromatic nitrogens is 2. The Labute approximate surface area is 250 Å². The summed E-state index contributed by atoms with van der Waals surface area (Å²) in [7, 11) is 0. The summed E-state index contributed by atoms with van der Waals surface area (Å²) in [4.78, 5) is 53.6. The van der Waals surface area contributed by atoms with Gasteiger partial charge in [-0.15, -0.1) is 0 Å². The number of carbonyl (C=O) groups excluding carboxylic acids is 4. The summed E-state index contributed by atoms with van der Waals surface area (Å²) in [6.07, 6.45) is 1.38. The van der Waals surface area contributed by atoms with Crippen molar-refractivity contribution in [2.24, 2.45) is 0 Å². The zero-order chi connectivity index (χ0) is 30.9. The first-order chi connectivity index (χ1) is 20.4. The normalized spacial score (nSPS) is 16.2. The number of piperidine rings is 1. The lowest BCUT2D eigenvalue weighted by atomic mass is 10.1. The van der Waals surface area contributed by atoms with Crippen LogP contribution in [0.3, 0.4) is 0 Å². The second-order valence-corrected chi connectivity index (χ2v) is 11.3. The van der Waals surface area contributed by atoms with E-state index in [4.69, 9.17) is 11.6 Å². The number of Topliss-reactive ketones (excluding diaryl/α,β-unsaturated/α-hetero) is 1. The molecule has 0 spiro atoms. The average Bonchev–Trinajstić information content (AvgIpc) is 3.73. The van der Waals surface area contributed by atoms with Gasteiger partial charge in [0.05, 0.1) is 23.6 Å². The van der Waals surface area contributed by atoms with Crippen LogP contribution in [0.25, 0.3) is 10.9 Å². The molecule has 1 saturated carbocycles. The summed E-state index contributed by atoms with van der Waals surface area (Å²) >= 11 is 5.80. The minimum Gasteiger partial charge on any atom is -0.350 e. The molecule has 2 heterocycles. The maximum Gasteiger partial charge on any atom is 0.322 e. The molecule has 1 saturated heterocycles. The Morgan fingerprint density at radius 1 is 1.16 bits per heavy atom. The number of ketones is 1. The fourth-order valence-corrected chi connectivity index (χ4v) is 5.29. The Morgan fingerprint density at radius 2 is 1.93 bits per heavy atom. The maximum absolute atomic E-state index is 14.2. The van der Waals surface area contributed by atoms with Crippen molar-refractivity contribution < 1.29 is 32.3 Å². The molecular formula is C29H30ClF3N6O4. The number of likely N-dealkylation sites (tertiary alicyclic amines) is 1. The number of benzene rings is 2. The lowest BCUT2D eigenvalue weighted by molar-refractivity contribution is -0.137. The van der Waals surface area contributed by atoms with Crippen molar-refractivity contribution in [3.8, 4) is 0 Å². The third-order valence-electron chi connectivity index (χ3n) is 7.43. The number of alkyl halides is 2. The van der Waals surface area contributed by atoms with E-state index in [1.165, 1.54) is 40.8 Å². The number of hydrogen-bond donors (Lipinski definition) is 2.